The summed E-state index contributed by atoms with van der Waals surface area (Å²) in [5, 5.41) is 3.09. The lowest BCUT2D eigenvalue weighted by molar-refractivity contribution is 0.986. The van der Waals surface area contributed by atoms with Crippen LogP contribution in [-0.2, 0) is 0 Å². The summed E-state index contributed by atoms with van der Waals surface area (Å²) in [5.74, 6) is 2.08. The zero-order chi connectivity index (χ0) is 13.4. The van der Waals surface area contributed by atoms with Gasteiger partial charge in [0.15, 0.2) is 5.82 Å². The third kappa shape index (κ3) is 2.79. The van der Waals surface area contributed by atoms with Gasteiger partial charge < -0.3 is 5.32 Å². The van der Waals surface area contributed by atoms with Gasteiger partial charge in [-0.3, -0.25) is 4.98 Å². The molecule has 0 saturated heterocycles. The second-order valence-electron chi connectivity index (χ2n) is 4.51. The quantitative estimate of drug-likeness (QED) is 0.870. The third-order valence-corrected chi connectivity index (χ3v) is 4.06. The molecule has 0 atom stereocenters. The molecule has 1 aliphatic rings. The summed E-state index contributed by atoms with van der Waals surface area (Å²) in [6, 6.07) is 3.97. The maximum absolute atomic E-state index is 4.65. The summed E-state index contributed by atoms with van der Waals surface area (Å²) in [6.45, 7) is 0. The lowest BCUT2D eigenvalue weighted by Crippen LogP contribution is -2.01. The molecule has 0 unspecified atom stereocenters. The van der Waals surface area contributed by atoms with E-state index in [1.807, 2.05) is 19.2 Å². The molecule has 2 aromatic heterocycles. The Hall–Kier alpha value is -1.01. The number of hydrogen-bond donors (Lipinski definition) is 1. The Labute approximate surface area is 128 Å². The minimum atomic E-state index is 0.586. The number of aromatic nitrogens is 3. The first-order chi connectivity index (χ1) is 9.17. The summed E-state index contributed by atoms with van der Waals surface area (Å²) in [6.07, 6.45) is 4.19. The van der Waals surface area contributed by atoms with Gasteiger partial charge in [-0.1, -0.05) is 0 Å². The molecule has 6 heteroatoms. The summed E-state index contributed by atoms with van der Waals surface area (Å²) < 4.78 is 1.81. The zero-order valence-corrected chi connectivity index (χ0v) is 13.5. The van der Waals surface area contributed by atoms with Crippen LogP contribution in [0.5, 0.6) is 0 Å². The van der Waals surface area contributed by atoms with Gasteiger partial charge in [-0.15, -0.1) is 0 Å². The van der Waals surface area contributed by atoms with Crippen molar-refractivity contribution in [1.29, 1.82) is 0 Å². The van der Waals surface area contributed by atoms with E-state index in [9.17, 15) is 0 Å². The molecule has 0 aliphatic heterocycles. The number of nitrogens with zero attached hydrogens (tertiary/aromatic N) is 3. The van der Waals surface area contributed by atoms with Crippen molar-refractivity contribution in [2.24, 2.45) is 0 Å². The molecule has 0 spiro atoms. The van der Waals surface area contributed by atoms with Crippen LogP contribution in [0.2, 0.25) is 0 Å². The molecule has 2 aromatic rings. The van der Waals surface area contributed by atoms with Crippen molar-refractivity contribution in [2.75, 3.05) is 12.4 Å². The Morgan fingerprint density at radius 3 is 2.63 bits per heavy atom. The highest BCUT2D eigenvalue weighted by Crippen LogP contribution is 2.40. The summed E-state index contributed by atoms with van der Waals surface area (Å²) in [5.41, 5.74) is 1.87. The molecule has 3 rings (SSSR count). The van der Waals surface area contributed by atoms with Gasteiger partial charge in [0, 0.05) is 39.9 Å². The first kappa shape index (κ1) is 13.0. The van der Waals surface area contributed by atoms with Gasteiger partial charge in [0.1, 0.15) is 11.5 Å². The van der Waals surface area contributed by atoms with Gasteiger partial charge in [-0.25, -0.2) is 9.97 Å². The van der Waals surface area contributed by atoms with Gasteiger partial charge >= 0.3 is 0 Å². The Morgan fingerprint density at radius 2 is 2.00 bits per heavy atom. The van der Waals surface area contributed by atoms with Gasteiger partial charge in [0.05, 0.1) is 0 Å². The van der Waals surface area contributed by atoms with Crippen molar-refractivity contribution in [1.82, 2.24) is 15.0 Å². The Kier molecular flexibility index (Phi) is 3.54. The highest BCUT2D eigenvalue weighted by atomic mass is 79.9. The summed E-state index contributed by atoms with van der Waals surface area (Å²) in [4.78, 5) is 13.5. The zero-order valence-electron chi connectivity index (χ0n) is 10.3. The number of rotatable bonds is 3. The first-order valence-corrected chi connectivity index (χ1v) is 7.64. The van der Waals surface area contributed by atoms with Crippen molar-refractivity contribution in [3.8, 4) is 11.5 Å². The summed E-state index contributed by atoms with van der Waals surface area (Å²) in [7, 11) is 1.87. The van der Waals surface area contributed by atoms with E-state index < -0.39 is 0 Å². The average Bonchev–Trinajstić information content (AvgIpc) is 3.22. The van der Waals surface area contributed by atoms with E-state index in [2.05, 4.69) is 52.1 Å². The number of pyridine rings is 1. The molecule has 0 bridgehead atoms. The highest BCUT2D eigenvalue weighted by Gasteiger charge is 2.26. The molecular weight excluding hydrogens is 372 g/mol. The smallest absolute Gasteiger partial charge is 0.181 e. The lowest BCUT2D eigenvalue weighted by Gasteiger charge is -2.08. The largest absolute Gasteiger partial charge is 0.373 e. The summed E-state index contributed by atoms with van der Waals surface area (Å²) >= 11 is 6.91. The van der Waals surface area contributed by atoms with Crippen LogP contribution in [0.4, 0.5) is 5.82 Å². The van der Waals surface area contributed by atoms with Crippen molar-refractivity contribution in [3.05, 3.63) is 33.0 Å². The minimum absolute atomic E-state index is 0.586. The molecule has 1 N–H and O–H groups in total. The SMILES string of the molecule is CNc1cc(C2CC2)nc(-c2ncc(Br)cc2Br)n1. The normalized spacial score (nSPS) is 14.5. The van der Waals surface area contributed by atoms with Crippen LogP contribution in [0, 0.1) is 0 Å². The average molecular weight is 384 g/mol. The van der Waals surface area contributed by atoms with Gasteiger partial charge in [-0.2, -0.15) is 0 Å². The van der Waals surface area contributed by atoms with Crippen LogP contribution in [0.15, 0.2) is 27.3 Å². The fourth-order valence-corrected chi connectivity index (χ4v) is 3.03. The highest BCUT2D eigenvalue weighted by molar-refractivity contribution is 9.11. The van der Waals surface area contributed by atoms with Gasteiger partial charge in [0.25, 0.3) is 0 Å². The second-order valence-corrected chi connectivity index (χ2v) is 6.28. The Bertz CT molecular complexity index is 626. The Morgan fingerprint density at radius 1 is 1.21 bits per heavy atom. The van der Waals surface area contributed by atoms with Crippen molar-refractivity contribution in [2.45, 2.75) is 18.8 Å². The van der Waals surface area contributed by atoms with E-state index in [0.29, 0.717) is 11.7 Å². The number of hydrogen-bond acceptors (Lipinski definition) is 4. The van der Waals surface area contributed by atoms with E-state index in [4.69, 9.17) is 0 Å². The maximum atomic E-state index is 4.65. The van der Waals surface area contributed by atoms with Gasteiger partial charge in [0.2, 0.25) is 0 Å². The monoisotopic (exact) mass is 382 g/mol. The third-order valence-electron chi connectivity index (χ3n) is 3.02. The predicted octanol–water partition coefficient (Wildman–Crippen LogP) is 3.98. The van der Waals surface area contributed by atoms with Crippen LogP contribution >= 0.6 is 31.9 Å². The van der Waals surface area contributed by atoms with E-state index in [1.165, 1.54) is 12.8 Å². The molecule has 0 aromatic carbocycles. The number of nitrogens with one attached hydrogen (secondary N) is 1. The fraction of sp³-hybridized carbons (Fsp3) is 0.308. The number of halogens is 2. The molecule has 1 saturated carbocycles. The maximum Gasteiger partial charge on any atom is 0.181 e. The molecule has 1 aliphatic carbocycles. The minimum Gasteiger partial charge on any atom is -0.373 e. The van der Waals surface area contributed by atoms with E-state index >= 15 is 0 Å². The molecule has 2 heterocycles. The van der Waals surface area contributed by atoms with E-state index in [-0.39, 0.29) is 0 Å². The van der Waals surface area contributed by atoms with Crippen molar-refractivity contribution >= 4 is 37.7 Å². The van der Waals surface area contributed by atoms with Crippen molar-refractivity contribution in [3.63, 3.8) is 0 Å². The molecule has 0 radical (unpaired) electrons. The van der Waals surface area contributed by atoms with Crippen molar-refractivity contribution < 1.29 is 0 Å². The van der Waals surface area contributed by atoms with Crippen LogP contribution in [0.3, 0.4) is 0 Å². The molecule has 19 heavy (non-hydrogen) atoms. The van der Waals surface area contributed by atoms with Gasteiger partial charge in [-0.05, 0) is 50.8 Å². The molecule has 4 nitrogen and oxygen atoms in total. The fourth-order valence-electron chi connectivity index (χ4n) is 1.87. The van der Waals surface area contributed by atoms with E-state index in [1.54, 1.807) is 6.20 Å². The predicted molar refractivity (Wildman–Crippen MR) is 82.2 cm³/mol. The van der Waals surface area contributed by atoms with Crippen LogP contribution in [0.25, 0.3) is 11.5 Å². The number of anilines is 1. The van der Waals surface area contributed by atoms with Crippen LogP contribution in [0.1, 0.15) is 24.5 Å². The molecule has 0 amide bonds. The van der Waals surface area contributed by atoms with Crippen LogP contribution in [-0.4, -0.2) is 22.0 Å². The topological polar surface area (TPSA) is 50.7 Å². The first-order valence-electron chi connectivity index (χ1n) is 6.05. The molecule has 1 fully saturated rings. The second kappa shape index (κ2) is 5.17. The molecular formula is C13H12Br2N4. The van der Waals surface area contributed by atoms with E-state index in [0.717, 1.165) is 26.2 Å². The van der Waals surface area contributed by atoms with Crippen LogP contribution < -0.4 is 5.32 Å². The Balaban J connectivity index is 2.10. The molecule has 98 valence electrons. The lowest BCUT2D eigenvalue weighted by atomic mass is 10.2. The standard InChI is InChI=1S/C13H12Br2N4/c1-16-11-5-10(7-2-3-7)18-13(19-11)12-9(15)4-8(14)6-17-12/h4-7H,2-3H2,1H3,(H,16,18,19).